The molecule has 0 fully saturated rings. The van der Waals surface area contributed by atoms with Gasteiger partial charge in [-0.05, 0) is 56.2 Å². The number of tetrazole rings is 1. The molecule has 178 valence electrons. The third kappa shape index (κ3) is 4.39. The maximum Gasteiger partial charge on any atom is 0.293 e. The second-order valence-electron chi connectivity index (χ2n) is 9.44. The Balaban J connectivity index is 1.39. The molecule has 4 aromatic heterocycles. The van der Waals surface area contributed by atoms with Crippen LogP contribution in [-0.4, -0.2) is 50.5 Å². The summed E-state index contributed by atoms with van der Waals surface area (Å²) in [5.41, 5.74) is 6.06. The van der Waals surface area contributed by atoms with E-state index in [-0.39, 0.29) is 17.3 Å². The van der Waals surface area contributed by atoms with E-state index in [1.54, 1.807) is 17.1 Å². The van der Waals surface area contributed by atoms with Gasteiger partial charge in [0, 0.05) is 30.9 Å². The zero-order valence-electron chi connectivity index (χ0n) is 20.3. The third-order valence-electron chi connectivity index (χ3n) is 5.66. The molecule has 0 bridgehead atoms. The summed E-state index contributed by atoms with van der Waals surface area (Å²) in [6.45, 7) is 8.19. The van der Waals surface area contributed by atoms with Crippen molar-refractivity contribution in [3.63, 3.8) is 0 Å². The first-order chi connectivity index (χ1) is 16.7. The zero-order valence-corrected chi connectivity index (χ0v) is 20.3. The van der Waals surface area contributed by atoms with Crippen molar-refractivity contribution in [2.75, 3.05) is 0 Å². The lowest BCUT2D eigenvalue weighted by Crippen LogP contribution is -2.27. The maximum absolute atomic E-state index is 12.5. The topological polar surface area (TPSA) is 121 Å². The van der Waals surface area contributed by atoms with Gasteiger partial charge in [-0.15, -0.1) is 10.2 Å². The van der Waals surface area contributed by atoms with Gasteiger partial charge >= 0.3 is 0 Å². The van der Waals surface area contributed by atoms with E-state index in [9.17, 15) is 4.79 Å². The molecule has 0 saturated heterocycles. The zero-order chi connectivity index (χ0) is 24.7. The van der Waals surface area contributed by atoms with Crippen molar-refractivity contribution in [3.8, 4) is 22.5 Å². The molecule has 0 radical (unpaired) electrons. The SMILES string of the molecule is Cc1cc(-c2nc(-c3cnn(C)c3)cn3nccc23)ccc1CNC(=O)c1nnn(C(C)(C)C)n1. The number of amides is 1. The molecule has 35 heavy (non-hydrogen) atoms. The van der Waals surface area contributed by atoms with Gasteiger partial charge in [-0.25, -0.2) is 9.50 Å². The molecule has 0 saturated carbocycles. The first-order valence-corrected chi connectivity index (χ1v) is 11.2. The molecule has 5 aromatic rings. The number of benzene rings is 1. The Hall–Kier alpha value is -4.41. The van der Waals surface area contributed by atoms with Crippen LogP contribution in [0.3, 0.4) is 0 Å². The molecule has 0 unspecified atom stereocenters. The molecule has 0 aliphatic heterocycles. The van der Waals surface area contributed by atoms with Gasteiger partial charge in [-0.3, -0.25) is 9.48 Å². The van der Waals surface area contributed by atoms with Crippen molar-refractivity contribution in [1.82, 2.24) is 49.9 Å². The van der Waals surface area contributed by atoms with E-state index in [2.05, 4.69) is 37.0 Å². The van der Waals surface area contributed by atoms with Crippen molar-refractivity contribution < 1.29 is 4.79 Å². The van der Waals surface area contributed by atoms with Gasteiger partial charge in [-0.2, -0.15) is 15.0 Å². The fourth-order valence-corrected chi connectivity index (χ4v) is 3.72. The Kier molecular flexibility index (Phi) is 5.39. The largest absolute Gasteiger partial charge is 0.345 e. The molecule has 11 nitrogen and oxygen atoms in total. The van der Waals surface area contributed by atoms with Crippen molar-refractivity contribution in [2.45, 2.75) is 39.8 Å². The van der Waals surface area contributed by atoms with E-state index in [1.807, 2.05) is 69.9 Å². The van der Waals surface area contributed by atoms with Crippen LogP contribution < -0.4 is 5.32 Å². The number of carbonyl (C=O) groups excluding carboxylic acids is 1. The summed E-state index contributed by atoms with van der Waals surface area (Å²) in [5, 5.41) is 23.6. The summed E-state index contributed by atoms with van der Waals surface area (Å²) in [4.78, 5) is 18.9. The van der Waals surface area contributed by atoms with Gasteiger partial charge in [0.05, 0.1) is 41.0 Å². The number of rotatable bonds is 5. The fraction of sp³-hybridized carbons (Fsp3) is 0.292. The van der Waals surface area contributed by atoms with Crippen LogP contribution >= 0.6 is 0 Å². The van der Waals surface area contributed by atoms with Gasteiger partial charge in [0.1, 0.15) is 0 Å². The summed E-state index contributed by atoms with van der Waals surface area (Å²) >= 11 is 0. The Morgan fingerprint density at radius 1 is 1.09 bits per heavy atom. The average molecular weight is 471 g/mol. The smallest absolute Gasteiger partial charge is 0.293 e. The van der Waals surface area contributed by atoms with E-state index in [1.165, 1.54) is 4.80 Å². The number of aromatic nitrogens is 9. The van der Waals surface area contributed by atoms with E-state index in [0.717, 1.165) is 39.2 Å². The number of nitrogens with zero attached hydrogens (tertiary/aromatic N) is 9. The number of fused-ring (bicyclic) bond motifs is 1. The monoisotopic (exact) mass is 470 g/mol. The van der Waals surface area contributed by atoms with E-state index >= 15 is 0 Å². The molecular weight excluding hydrogens is 444 g/mol. The van der Waals surface area contributed by atoms with E-state index in [0.29, 0.717) is 6.54 Å². The normalized spacial score (nSPS) is 11.8. The quantitative estimate of drug-likeness (QED) is 0.419. The lowest BCUT2D eigenvalue weighted by atomic mass is 10.0. The molecule has 0 aliphatic rings. The summed E-state index contributed by atoms with van der Waals surface area (Å²) in [6, 6.07) is 8.01. The molecule has 5 rings (SSSR count). The standard InChI is InChI=1S/C24H26N10O/c1-15-10-16(6-7-17(15)11-25-23(35)22-29-31-34(30-22)24(2,3)4)21-20-8-9-26-33(20)14-19(28-21)18-12-27-32(5)13-18/h6-10,12-14H,11H2,1-5H3,(H,25,35). The highest BCUT2D eigenvalue weighted by Gasteiger charge is 2.20. The summed E-state index contributed by atoms with van der Waals surface area (Å²) < 4.78 is 3.57. The molecule has 1 amide bonds. The average Bonchev–Trinajstić information content (AvgIpc) is 3.57. The van der Waals surface area contributed by atoms with Crippen LogP contribution in [0, 0.1) is 6.92 Å². The van der Waals surface area contributed by atoms with Crippen molar-refractivity contribution in [3.05, 3.63) is 66.0 Å². The number of nitrogens with one attached hydrogen (secondary N) is 1. The summed E-state index contributed by atoms with van der Waals surface area (Å²) in [5.74, 6) is -0.315. The Labute approximate surface area is 201 Å². The minimum absolute atomic E-state index is 0.0498. The minimum atomic E-state index is -0.365. The second-order valence-corrected chi connectivity index (χ2v) is 9.44. The minimum Gasteiger partial charge on any atom is -0.345 e. The van der Waals surface area contributed by atoms with Crippen LogP contribution in [0.1, 0.15) is 42.5 Å². The van der Waals surface area contributed by atoms with Crippen molar-refractivity contribution in [2.24, 2.45) is 7.05 Å². The highest BCUT2D eigenvalue weighted by Crippen LogP contribution is 2.28. The lowest BCUT2D eigenvalue weighted by molar-refractivity contribution is 0.0939. The Bertz CT molecular complexity index is 1540. The molecule has 4 heterocycles. The van der Waals surface area contributed by atoms with Crippen LogP contribution in [0.4, 0.5) is 0 Å². The Morgan fingerprint density at radius 2 is 1.91 bits per heavy atom. The van der Waals surface area contributed by atoms with Gasteiger partial charge in [0.2, 0.25) is 0 Å². The van der Waals surface area contributed by atoms with Crippen LogP contribution in [0.5, 0.6) is 0 Å². The highest BCUT2D eigenvalue weighted by atomic mass is 16.2. The van der Waals surface area contributed by atoms with Gasteiger partial charge in [-0.1, -0.05) is 12.1 Å². The van der Waals surface area contributed by atoms with Crippen molar-refractivity contribution >= 4 is 11.4 Å². The fourth-order valence-electron chi connectivity index (χ4n) is 3.72. The first kappa shape index (κ1) is 22.4. The van der Waals surface area contributed by atoms with Crippen LogP contribution in [0.25, 0.3) is 28.0 Å². The number of hydrogen-bond donors (Lipinski definition) is 1. The highest BCUT2D eigenvalue weighted by molar-refractivity contribution is 5.90. The number of carbonyl (C=O) groups is 1. The van der Waals surface area contributed by atoms with Gasteiger partial charge < -0.3 is 5.32 Å². The molecule has 0 aliphatic carbocycles. The summed E-state index contributed by atoms with van der Waals surface area (Å²) in [6.07, 6.45) is 7.37. The molecule has 1 N–H and O–H groups in total. The summed E-state index contributed by atoms with van der Waals surface area (Å²) in [7, 11) is 1.88. The molecule has 0 atom stereocenters. The van der Waals surface area contributed by atoms with Crippen LogP contribution in [-0.2, 0) is 19.1 Å². The molecule has 1 aromatic carbocycles. The first-order valence-electron chi connectivity index (χ1n) is 11.2. The second kappa shape index (κ2) is 8.42. The van der Waals surface area contributed by atoms with Crippen molar-refractivity contribution in [1.29, 1.82) is 0 Å². The van der Waals surface area contributed by atoms with Gasteiger partial charge in [0.25, 0.3) is 11.7 Å². The number of aryl methyl sites for hydroxylation is 2. The lowest BCUT2D eigenvalue weighted by Gasteiger charge is -2.15. The van der Waals surface area contributed by atoms with Gasteiger partial charge in [0.15, 0.2) is 0 Å². The van der Waals surface area contributed by atoms with E-state index < -0.39 is 0 Å². The maximum atomic E-state index is 12.5. The third-order valence-corrected chi connectivity index (χ3v) is 5.66. The van der Waals surface area contributed by atoms with E-state index in [4.69, 9.17) is 4.98 Å². The number of hydrogen-bond acceptors (Lipinski definition) is 7. The molecule has 0 spiro atoms. The predicted octanol–water partition coefficient (Wildman–Crippen LogP) is 2.78. The molecule has 11 heteroatoms. The predicted molar refractivity (Wildman–Crippen MR) is 129 cm³/mol. The Morgan fingerprint density at radius 3 is 2.60 bits per heavy atom. The van der Waals surface area contributed by atoms with Crippen LogP contribution in [0.15, 0.2) is 49.1 Å². The van der Waals surface area contributed by atoms with Crippen LogP contribution in [0.2, 0.25) is 0 Å². The molecular formula is C24H26N10O.